The zero-order valence-corrected chi connectivity index (χ0v) is 16.3. The van der Waals surface area contributed by atoms with Crippen molar-refractivity contribution in [1.29, 1.82) is 0 Å². The lowest BCUT2D eigenvalue weighted by Gasteiger charge is -2.12. The number of benzene rings is 1. The number of nitrogens with one attached hydrogen (secondary N) is 2. The van der Waals surface area contributed by atoms with Crippen molar-refractivity contribution in [3.63, 3.8) is 0 Å². The number of hydrogen-bond donors (Lipinski definition) is 2. The molecule has 144 valence electrons. The highest BCUT2D eigenvalue weighted by Crippen LogP contribution is 2.39. The van der Waals surface area contributed by atoms with Crippen molar-refractivity contribution in [2.75, 3.05) is 20.3 Å². The Balaban J connectivity index is 1.75. The van der Waals surface area contributed by atoms with Crippen molar-refractivity contribution < 1.29 is 14.3 Å². The first kappa shape index (κ1) is 18.3. The van der Waals surface area contributed by atoms with Crippen LogP contribution >= 0.6 is 11.6 Å². The van der Waals surface area contributed by atoms with E-state index in [0.29, 0.717) is 52.3 Å². The summed E-state index contributed by atoms with van der Waals surface area (Å²) in [5.41, 5.74) is 3.76. The van der Waals surface area contributed by atoms with Crippen LogP contribution in [0.4, 0.5) is 0 Å². The van der Waals surface area contributed by atoms with Crippen LogP contribution in [0.2, 0.25) is 5.02 Å². The molecule has 1 amide bonds. The van der Waals surface area contributed by atoms with Crippen molar-refractivity contribution in [2.45, 2.75) is 13.3 Å². The Hall–Kier alpha value is -3.06. The number of methoxy groups -OCH3 is 1. The van der Waals surface area contributed by atoms with Gasteiger partial charge in [-0.3, -0.25) is 4.79 Å². The van der Waals surface area contributed by atoms with Gasteiger partial charge in [0.1, 0.15) is 0 Å². The molecule has 0 atom stereocenters. The highest BCUT2D eigenvalue weighted by atomic mass is 35.5. The SMILES string of the molecule is CCOc1cc(-c2nccc(-c3cc4c([nH]3)CCNC4=O)n2)cc(Cl)c1OC. The second-order valence-electron chi connectivity index (χ2n) is 6.27. The molecule has 3 aromatic rings. The summed E-state index contributed by atoms with van der Waals surface area (Å²) in [5, 5.41) is 3.26. The van der Waals surface area contributed by atoms with Gasteiger partial charge in [0.05, 0.1) is 35.7 Å². The van der Waals surface area contributed by atoms with E-state index in [0.717, 1.165) is 17.8 Å². The summed E-state index contributed by atoms with van der Waals surface area (Å²) in [6, 6.07) is 7.17. The molecule has 0 bridgehead atoms. The van der Waals surface area contributed by atoms with Crippen LogP contribution in [0.5, 0.6) is 11.5 Å². The van der Waals surface area contributed by atoms with Gasteiger partial charge in [-0.2, -0.15) is 0 Å². The predicted octanol–water partition coefficient (Wildman–Crippen LogP) is 3.49. The highest BCUT2D eigenvalue weighted by molar-refractivity contribution is 6.32. The molecule has 0 aliphatic carbocycles. The highest BCUT2D eigenvalue weighted by Gasteiger charge is 2.21. The fourth-order valence-electron chi connectivity index (χ4n) is 3.24. The first-order valence-electron chi connectivity index (χ1n) is 8.95. The number of nitrogens with zero attached hydrogens (tertiary/aromatic N) is 2. The van der Waals surface area contributed by atoms with E-state index in [2.05, 4.69) is 20.3 Å². The largest absolute Gasteiger partial charge is 0.491 e. The zero-order chi connectivity index (χ0) is 19.7. The number of carbonyl (C=O) groups is 1. The van der Waals surface area contributed by atoms with E-state index in [4.69, 9.17) is 21.1 Å². The Morgan fingerprint density at radius 2 is 2.14 bits per heavy atom. The predicted molar refractivity (Wildman–Crippen MR) is 106 cm³/mol. The number of halogens is 1. The molecule has 1 aromatic carbocycles. The Bertz CT molecular complexity index is 1050. The van der Waals surface area contributed by atoms with Crippen LogP contribution < -0.4 is 14.8 Å². The molecule has 0 saturated heterocycles. The summed E-state index contributed by atoms with van der Waals surface area (Å²) in [6.45, 7) is 3.00. The molecular formula is C20H19ClN4O3. The molecule has 8 heteroatoms. The van der Waals surface area contributed by atoms with Gasteiger partial charge in [-0.25, -0.2) is 9.97 Å². The molecule has 28 heavy (non-hydrogen) atoms. The molecule has 1 aliphatic heterocycles. The second-order valence-corrected chi connectivity index (χ2v) is 6.68. The molecule has 0 saturated carbocycles. The number of rotatable bonds is 5. The number of ether oxygens (including phenoxy) is 2. The number of aromatic nitrogens is 3. The van der Waals surface area contributed by atoms with Crippen molar-refractivity contribution in [3.8, 4) is 34.3 Å². The maximum Gasteiger partial charge on any atom is 0.253 e. The number of carbonyl (C=O) groups excluding carboxylic acids is 1. The van der Waals surface area contributed by atoms with Gasteiger partial charge in [-0.15, -0.1) is 0 Å². The summed E-state index contributed by atoms with van der Waals surface area (Å²) >= 11 is 6.35. The standard InChI is InChI=1S/C20H19ClN4O3/c1-3-28-17-9-11(8-13(21)18(17)27-2)19-22-6-5-15(25-19)16-10-12-14(24-16)4-7-23-20(12)26/h5-6,8-10,24H,3-4,7H2,1-2H3,(H,23,26). The Morgan fingerprint density at radius 3 is 2.89 bits per heavy atom. The summed E-state index contributed by atoms with van der Waals surface area (Å²) in [6.07, 6.45) is 2.45. The summed E-state index contributed by atoms with van der Waals surface area (Å²) in [5.74, 6) is 1.45. The van der Waals surface area contributed by atoms with Crippen molar-refractivity contribution in [1.82, 2.24) is 20.3 Å². The average Bonchev–Trinajstić information content (AvgIpc) is 3.14. The minimum Gasteiger partial charge on any atom is -0.491 e. The quantitative estimate of drug-likeness (QED) is 0.686. The van der Waals surface area contributed by atoms with Crippen molar-refractivity contribution >= 4 is 17.5 Å². The molecule has 2 aromatic heterocycles. The van der Waals surface area contributed by atoms with Gasteiger partial charge in [-0.1, -0.05) is 11.6 Å². The van der Waals surface area contributed by atoms with Crippen molar-refractivity contribution in [3.05, 3.63) is 46.7 Å². The fraction of sp³-hybridized carbons (Fsp3) is 0.250. The fourth-order valence-corrected chi connectivity index (χ4v) is 3.53. The maximum atomic E-state index is 12.0. The average molecular weight is 399 g/mol. The normalized spacial score (nSPS) is 13.0. The van der Waals surface area contributed by atoms with E-state index in [1.807, 2.05) is 13.0 Å². The molecule has 4 rings (SSSR count). The zero-order valence-electron chi connectivity index (χ0n) is 15.5. The molecule has 3 heterocycles. The lowest BCUT2D eigenvalue weighted by Crippen LogP contribution is -2.31. The van der Waals surface area contributed by atoms with Crippen LogP contribution in [0.3, 0.4) is 0 Å². The van der Waals surface area contributed by atoms with Crippen LogP contribution in [0.15, 0.2) is 30.5 Å². The van der Waals surface area contributed by atoms with Crippen LogP contribution in [-0.2, 0) is 6.42 Å². The maximum absolute atomic E-state index is 12.0. The van der Waals surface area contributed by atoms with E-state index < -0.39 is 0 Å². The van der Waals surface area contributed by atoms with Gasteiger partial charge in [0.2, 0.25) is 0 Å². The molecule has 0 spiro atoms. The molecule has 1 aliphatic rings. The summed E-state index contributed by atoms with van der Waals surface area (Å²) in [7, 11) is 1.55. The number of aromatic amines is 1. The molecule has 2 N–H and O–H groups in total. The Morgan fingerprint density at radius 1 is 1.29 bits per heavy atom. The van der Waals surface area contributed by atoms with Gasteiger partial charge >= 0.3 is 0 Å². The number of fused-ring (bicyclic) bond motifs is 1. The van der Waals surface area contributed by atoms with Gasteiger partial charge in [0.25, 0.3) is 5.91 Å². The van der Waals surface area contributed by atoms with E-state index in [-0.39, 0.29) is 5.91 Å². The number of hydrogen-bond acceptors (Lipinski definition) is 5. The lowest BCUT2D eigenvalue weighted by atomic mass is 10.1. The van der Waals surface area contributed by atoms with Gasteiger partial charge < -0.3 is 19.8 Å². The third kappa shape index (κ3) is 3.29. The number of H-pyrrole nitrogens is 1. The minimum absolute atomic E-state index is 0.0682. The van der Waals surface area contributed by atoms with Crippen LogP contribution in [0.1, 0.15) is 23.0 Å². The van der Waals surface area contributed by atoms with E-state index in [1.54, 1.807) is 31.5 Å². The smallest absolute Gasteiger partial charge is 0.253 e. The molecule has 0 fully saturated rings. The van der Waals surface area contributed by atoms with Crippen LogP contribution in [0.25, 0.3) is 22.8 Å². The summed E-state index contributed by atoms with van der Waals surface area (Å²) in [4.78, 5) is 24.3. The topological polar surface area (TPSA) is 89.1 Å². The third-order valence-electron chi connectivity index (χ3n) is 4.51. The molecule has 0 radical (unpaired) electrons. The van der Waals surface area contributed by atoms with Gasteiger partial charge in [0, 0.05) is 30.4 Å². The van der Waals surface area contributed by atoms with Gasteiger partial charge in [0.15, 0.2) is 17.3 Å². The van der Waals surface area contributed by atoms with E-state index in [1.165, 1.54) is 0 Å². The molecular weight excluding hydrogens is 380 g/mol. The Kier molecular flexibility index (Phi) is 4.92. The monoisotopic (exact) mass is 398 g/mol. The minimum atomic E-state index is -0.0682. The Labute approximate surface area is 167 Å². The van der Waals surface area contributed by atoms with Gasteiger partial charge in [-0.05, 0) is 31.2 Å². The molecule has 0 unspecified atom stereocenters. The van der Waals surface area contributed by atoms with Crippen molar-refractivity contribution in [2.24, 2.45) is 0 Å². The van der Waals surface area contributed by atoms with Crippen LogP contribution in [0, 0.1) is 0 Å². The molecule has 7 nitrogen and oxygen atoms in total. The summed E-state index contributed by atoms with van der Waals surface area (Å²) < 4.78 is 11.0. The van der Waals surface area contributed by atoms with E-state index >= 15 is 0 Å². The van der Waals surface area contributed by atoms with E-state index in [9.17, 15) is 4.79 Å². The lowest BCUT2D eigenvalue weighted by molar-refractivity contribution is 0.0946. The first-order valence-corrected chi connectivity index (χ1v) is 9.32. The number of amides is 1. The first-order chi connectivity index (χ1) is 13.6. The third-order valence-corrected chi connectivity index (χ3v) is 4.79. The second kappa shape index (κ2) is 7.52. The van der Waals surface area contributed by atoms with Crippen LogP contribution in [-0.4, -0.2) is 41.1 Å².